The molecule has 4 rings (SSSR count). The second kappa shape index (κ2) is 7.71. The smallest absolute Gasteiger partial charge is 0.293 e. The Bertz CT molecular complexity index is 1030. The fourth-order valence-corrected chi connectivity index (χ4v) is 3.79. The van der Waals surface area contributed by atoms with Crippen LogP contribution in [0, 0.1) is 0 Å². The van der Waals surface area contributed by atoms with Crippen molar-refractivity contribution in [2.45, 2.75) is 12.3 Å². The third kappa shape index (κ3) is 3.54. The molecule has 0 saturated heterocycles. The van der Waals surface area contributed by atoms with Crippen molar-refractivity contribution in [3.8, 4) is 11.1 Å². The summed E-state index contributed by atoms with van der Waals surface area (Å²) < 4.78 is 5.02. The highest BCUT2D eigenvalue weighted by molar-refractivity contribution is 6.13. The van der Waals surface area contributed by atoms with Gasteiger partial charge in [-0.3, -0.25) is 24.1 Å². The molecule has 1 atom stereocenters. The minimum atomic E-state index is -0.406. The fraction of sp³-hybridized carbons (Fsp3) is 0.182. The van der Waals surface area contributed by atoms with Crippen LogP contribution in [0.25, 0.3) is 11.1 Å². The number of ether oxygens (including phenoxy) is 1. The topological polar surface area (TPSA) is 92.8 Å². The van der Waals surface area contributed by atoms with Gasteiger partial charge in [-0.15, -0.1) is 0 Å². The molecule has 7 heteroatoms. The number of fused-ring (bicyclic) bond motifs is 3. The first kappa shape index (κ1) is 18.6. The average molecular weight is 390 g/mol. The number of amides is 3. The Kier molecular flexibility index (Phi) is 4.95. The molecule has 1 N–H and O–H groups in total. The lowest BCUT2D eigenvalue weighted by Gasteiger charge is -2.15. The molecule has 1 unspecified atom stereocenters. The predicted octanol–water partition coefficient (Wildman–Crippen LogP) is 2.23. The van der Waals surface area contributed by atoms with Gasteiger partial charge >= 0.3 is 0 Å². The monoisotopic (exact) mass is 390 g/mol. The van der Waals surface area contributed by atoms with Crippen LogP contribution in [0.15, 0.2) is 54.6 Å². The minimum Gasteiger partial charge on any atom is -0.467 e. The zero-order valence-corrected chi connectivity index (χ0v) is 15.5. The Labute approximate surface area is 167 Å². The summed E-state index contributed by atoms with van der Waals surface area (Å²) in [6.45, 7) is 0.682. The molecule has 3 amide bonds. The van der Waals surface area contributed by atoms with E-state index < -0.39 is 11.8 Å². The Morgan fingerprint density at radius 3 is 2.52 bits per heavy atom. The lowest BCUT2D eigenvalue weighted by atomic mass is 9.97. The Morgan fingerprint density at radius 1 is 1.03 bits per heavy atom. The van der Waals surface area contributed by atoms with E-state index in [9.17, 15) is 19.2 Å². The SMILES string of the molecule is O=COCC1c2ccccc2-c2ccc(NC(=O)CCN3C(=O)C=CC3=O)cc21. The van der Waals surface area contributed by atoms with E-state index in [1.807, 2.05) is 42.5 Å². The molecule has 29 heavy (non-hydrogen) atoms. The van der Waals surface area contributed by atoms with E-state index in [4.69, 9.17) is 4.74 Å². The van der Waals surface area contributed by atoms with Gasteiger partial charge in [0.25, 0.3) is 18.3 Å². The second-order valence-corrected chi connectivity index (χ2v) is 6.83. The molecule has 0 fully saturated rings. The predicted molar refractivity (Wildman–Crippen MR) is 105 cm³/mol. The number of carbonyl (C=O) groups excluding carboxylic acids is 4. The molecule has 2 aliphatic rings. The van der Waals surface area contributed by atoms with Crippen molar-refractivity contribution in [1.82, 2.24) is 4.90 Å². The van der Waals surface area contributed by atoms with E-state index in [2.05, 4.69) is 5.32 Å². The molecule has 1 heterocycles. The summed E-state index contributed by atoms with van der Waals surface area (Å²) >= 11 is 0. The van der Waals surface area contributed by atoms with Crippen LogP contribution in [0.4, 0.5) is 5.69 Å². The van der Waals surface area contributed by atoms with Crippen molar-refractivity contribution in [3.05, 3.63) is 65.7 Å². The van der Waals surface area contributed by atoms with E-state index >= 15 is 0 Å². The van der Waals surface area contributed by atoms with E-state index in [0.29, 0.717) is 12.2 Å². The lowest BCUT2D eigenvalue weighted by Crippen LogP contribution is -2.33. The molecule has 0 saturated carbocycles. The zero-order chi connectivity index (χ0) is 20.4. The van der Waals surface area contributed by atoms with Gasteiger partial charge in [0.1, 0.15) is 6.61 Å². The van der Waals surface area contributed by atoms with Gasteiger partial charge in [0.2, 0.25) is 5.91 Å². The number of benzene rings is 2. The maximum absolute atomic E-state index is 12.3. The van der Waals surface area contributed by atoms with Gasteiger partial charge in [-0.25, -0.2) is 0 Å². The van der Waals surface area contributed by atoms with Crippen LogP contribution in [-0.2, 0) is 23.9 Å². The number of carbonyl (C=O) groups is 4. The fourth-order valence-electron chi connectivity index (χ4n) is 3.79. The van der Waals surface area contributed by atoms with Crippen molar-refractivity contribution in [2.75, 3.05) is 18.5 Å². The van der Waals surface area contributed by atoms with Gasteiger partial charge in [0, 0.05) is 36.7 Å². The molecule has 146 valence electrons. The molecule has 2 aromatic rings. The van der Waals surface area contributed by atoms with E-state index in [1.54, 1.807) is 0 Å². The van der Waals surface area contributed by atoms with Gasteiger partial charge in [-0.2, -0.15) is 0 Å². The zero-order valence-electron chi connectivity index (χ0n) is 15.5. The summed E-state index contributed by atoms with van der Waals surface area (Å²) in [5.74, 6) is -1.21. The maximum Gasteiger partial charge on any atom is 0.293 e. The number of rotatable bonds is 7. The highest BCUT2D eigenvalue weighted by Crippen LogP contribution is 2.45. The normalized spacial score (nSPS) is 16.6. The number of nitrogens with one attached hydrogen (secondary N) is 1. The average Bonchev–Trinajstić information content (AvgIpc) is 3.21. The highest BCUT2D eigenvalue weighted by Gasteiger charge is 2.29. The maximum atomic E-state index is 12.3. The van der Waals surface area contributed by atoms with Crippen LogP contribution >= 0.6 is 0 Å². The molecule has 0 bridgehead atoms. The second-order valence-electron chi connectivity index (χ2n) is 6.83. The van der Waals surface area contributed by atoms with Gasteiger partial charge in [-0.05, 0) is 34.4 Å². The van der Waals surface area contributed by atoms with Crippen molar-refractivity contribution in [3.63, 3.8) is 0 Å². The molecular weight excluding hydrogens is 372 g/mol. The van der Waals surface area contributed by atoms with Crippen LogP contribution in [0.2, 0.25) is 0 Å². The molecule has 0 spiro atoms. The summed E-state index contributed by atoms with van der Waals surface area (Å²) in [6, 6.07) is 13.5. The van der Waals surface area contributed by atoms with E-state index in [0.717, 1.165) is 27.2 Å². The van der Waals surface area contributed by atoms with Gasteiger partial charge in [0.15, 0.2) is 0 Å². The first-order valence-electron chi connectivity index (χ1n) is 9.20. The molecular formula is C22H18N2O5. The van der Waals surface area contributed by atoms with E-state index in [1.165, 1.54) is 12.2 Å². The summed E-state index contributed by atoms with van der Waals surface area (Å²) in [5.41, 5.74) is 4.78. The number of imide groups is 1. The highest BCUT2D eigenvalue weighted by atomic mass is 16.5. The molecule has 2 aromatic carbocycles. The Morgan fingerprint density at radius 2 is 1.76 bits per heavy atom. The molecule has 7 nitrogen and oxygen atoms in total. The van der Waals surface area contributed by atoms with Gasteiger partial charge in [-0.1, -0.05) is 30.3 Å². The summed E-state index contributed by atoms with van der Waals surface area (Å²) in [5, 5.41) is 2.81. The minimum absolute atomic E-state index is 0.00809. The largest absolute Gasteiger partial charge is 0.467 e. The quantitative estimate of drug-likeness (QED) is 0.578. The van der Waals surface area contributed by atoms with Crippen molar-refractivity contribution in [1.29, 1.82) is 0 Å². The number of anilines is 1. The van der Waals surface area contributed by atoms with E-state index in [-0.39, 0.29) is 31.4 Å². The number of hydrogen-bond acceptors (Lipinski definition) is 5. The molecule has 0 aromatic heterocycles. The van der Waals surface area contributed by atoms with Crippen LogP contribution in [0.3, 0.4) is 0 Å². The summed E-state index contributed by atoms with van der Waals surface area (Å²) in [6.07, 6.45) is 2.40. The van der Waals surface area contributed by atoms with Crippen molar-refractivity contribution in [2.24, 2.45) is 0 Å². The number of nitrogens with zero attached hydrogens (tertiary/aromatic N) is 1. The van der Waals surface area contributed by atoms with Crippen LogP contribution in [0.5, 0.6) is 0 Å². The number of hydrogen-bond donors (Lipinski definition) is 1. The molecule has 0 radical (unpaired) electrons. The third-order valence-electron chi connectivity index (χ3n) is 5.13. The van der Waals surface area contributed by atoms with Gasteiger partial charge in [0.05, 0.1) is 0 Å². The Hall–Kier alpha value is -3.74. The molecule has 1 aliphatic carbocycles. The third-order valence-corrected chi connectivity index (χ3v) is 5.13. The first-order valence-corrected chi connectivity index (χ1v) is 9.20. The first-order chi connectivity index (χ1) is 14.1. The summed E-state index contributed by atoms with van der Waals surface area (Å²) in [4.78, 5) is 47.2. The standard InChI is InChI=1S/C22H18N2O5/c25-13-29-12-19-16-4-2-1-3-15(16)17-6-5-14(11-18(17)19)23-20(26)9-10-24-21(27)7-8-22(24)28/h1-8,11,13,19H,9-10,12H2,(H,23,26). The van der Waals surface area contributed by atoms with Crippen molar-refractivity contribution >= 4 is 29.9 Å². The Balaban J connectivity index is 1.48. The van der Waals surface area contributed by atoms with Crippen LogP contribution < -0.4 is 5.32 Å². The molecule has 1 aliphatic heterocycles. The van der Waals surface area contributed by atoms with Gasteiger partial charge < -0.3 is 10.1 Å². The lowest BCUT2D eigenvalue weighted by molar-refractivity contribution is -0.137. The van der Waals surface area contributed by atoms with Crippen LogP contribution in [0.1, 0.15) is 23.5 Å². The van der Waals surface area contributed by atoms with Crippen molar-refractivity contribution < 1.29 is 23.9 Å². The summed E-state index contributed by atoms with van der Waals surface area (Å²) in [7, 11) is 0. The van der Waals surface area contributed by atoms with Crippen LogP contribution in [-0.4, -0.2) is 42.2 Å².